The quantitative estimate of drug-likeness (QED) is 0.807. The molecule has 1 aliphatic heterocycles. The molecule has 1 aromatic rings. The van der Waals surface area contributed by atoms with Crippen LogP contribution in [0.5, 0.6) is 0 Å². The number of nitrogens with zero attached hydrogens (tertiary/aromatic N) is 1. The lowest BCUT2D eigenvalue weighted by Crippen LogP contribution is -2.34. The van der Waals surface area contributed by atoms with Crippen LogP contribution in [0.2, 0.25) is 0 Å². The monoisotopic (exact) mass is 390 g/mol. The van der Waals surface area contributed by atoms with Gasteiger partial charge in [0.25, 0.3) is 0 Å². The Morgan fingerprint density at radius 3 is 1.92 bits per heavy atom. The summed E-state index contributed by atoms with van der Waals surface area (Å²) < 4.78 is 103. The van der Waals surface area contributed by atoms with E-state index in [1.807, 2.05) is 0 Å². The van der Waals surface area contributed by atoms with Crippen LogP contribution in [-0.4, -0.2) is 32.4 Å². The van der Waals surface area contributed by atoms with Gasteiger partial charge in [-0.05, 0) is 36.6 Å². The van der Waals surface area contributed by atoms with Crippen LogP contribution in [0.3, 0.4) is 0 Å². The molecule has 2 rings (SSSR count). The van der Waals surface area contributed by atoms with E-state index in [1.165, 1.54) is 0 Å². The Bertz CT molecular complexity index is 727. The fraction of sp³-hybridized carbons (Fsp3) is 0.571. The van der Waals surface area contributed by atoms with Crippen molar-refractivity contribution in [3.05, 3.63) is 29.3 Å². The fourth-order valence-corrected chi connectivity index (χ4v) is 4.24. The normalized spacial score (nSPS) is 23.2. The van der Waals surface area contributed by atoms with Crippen LogP contribution in [0.15, 0.2) is 23.1 Å². The molecule has 0 amide bonds. The second-order valence-electron chi connectivity index (χ2n) is 6.34. The van der Waals surface area contributed by atoms with E-state index >= 15 is 0 Å². The summed E-state index contributed by atoms with van der Waals surface area (Å²) in [5.41, 5.74) is 1.66. The molecule has 4 nitrogen and oxygen atoms in total. The predicted octanol–water partition coefficient (Wildman–Crippen LogP) is 3.08. The summed E-state index contributed by atoms with van der Waals surface area (Å²) in [6, 6.07) is 0.346. The highest BCUT2D eigenvalue weighted by atomic mass is 32.2. The smallest absolute Gasteiger partial charge is 0.330 e. The van der Waals surface area contributed by atoms with Crippen LogP contribution >= 0.6 is 0 Å². The van der Waals surface area contributed by atoms with E-state index in [-0.39, 0.29) is 37.8 Å². The third kappa shape index (κ3) is 4.09. The number of halogens is 6. The molecule has 2 N–H and O–H groups in total. The van der Waals surface area contributed by atoms with E-state index in [0.29, 0.717) is 6.42 Å². The molecule has 0 spiro atoms. The summed E-state index contributed by atoms with van der Waals surface area (Å²) in [5.74, 6) is 0. The lowest BCUT2D eigenvalue weighted by molar-refractivity contribution is -0.143. The SMILES string of the molecule is CC1(CN)CCN(S(=O)(=O)c2cc(C(F)(F)F)cc(C(F)(F)F)c2)C1. The molecule has 1 unspecified atom stereocenters. The van der Waals surface area contributed by atoms with Crippen molar-refractivity contribution in [1.82, 2.24) is 4.31 Å². The Morgan fingerprint density at radius 2 is 1.56 bits per heavy atom. The van der Waals surface area contributed by atoms with Crippen molar-refractivity contribution in [2.45, 2.75) is 30.6 Å². The lowest BCUT2D eigenvalue weighted by Gasteiger charge is -2.23. The van der Waals surface area contributed by atoms with Crippen molar-refractivity contribution in [2.75, 3.05) is 19.6 Å². The van der Waals surface area contributed by atoms with Crippen LogP contribution in [-0.2, 0) is 22.4 Å². The molecule has 25 heavy (non-hydrogen) atoms. The van der Waals surface area contributed by atoms with Gasteiger partial charge in [0.05, 0.1) is 16.0 Å². The molecule has 1 heterocycles. The second kappa shape index (κ2) is 6.13. The first-order valence-electron chi connectivity index (χ1n) is 7.19. The highest BCUT2D eigenvalue weighted by molar-refractivity contribution is 7.89. The van der Waals surface area contributed by atoms with Gasteiger partial charge in [0.15, 0.2) is 0 Å². The van der Waals surface area contributed by atoms with Gasteiger partial charge in [0.2, 0.25) is 10.0 Å². The molecule has 142 valence electrons. The Morgan fingerprint density at radius 1 is 1.08 bits per heavy atom. The molecule has 1 aromatic carbocycles. The van der Waals surface area contributed by atoms with Gasteiger partial charge >= 0.3 is 12.4 Å². The van der Waals surface area contributed by atoms with E-state index in [9.17, 15) is 34.8 Å². The zero-order valence-corrected chi connectivity index (χ0v) is 13.9. The first kappa shape index (κ1) is 20.0. The third-order valence-electron chi connectivity index (χ3n) is 4.21. The van der Waals surface area contributed by atoms with E-state index in [2.05, 4.69) is 0 Å². The number of hydrogen-bond donors (Lipinski definition) is 1. The summed E-state index contributed by atoms with van der Waals surface area (Å²) in [6.07, 6.45) is -9.85. The Kier molecular flexibility index (Phi) is 4.90. The number of nitrogens with two attached hydrogens (primary N) is 1. The molecule has 1 fully saturated rings. The zero-order valence-electron chi connectivity index (χ0n) is 13.1. The summed E-state index contributed by atoms with van der Waals surface area (Å²) in [5, 5.41) is 0. The first-order chi connectivity index (χ1) is 11.2. The van der Waals surface area contributed by atoms with Crippen molar-refractivity contribution in [1.29, 1.82) is 0 Å². The van der Waals surface area contributed by atoms with Gasteiger partial charge < -0.3 is 5.73 Å². The van der Waals surface area contributed by atoms with Gasteiger partial charge in [-0.2, -0.15) is 30.6 Å². The summed E-state index contributed by atoms with van der Waals surface area (Å²) in [6.45, 7) is 1.77. The first-order valence-corrected chi connectivity index (χ1v) is 8.63. The van der Waals surface area contributed by atoms with E-state index in [0.717, 1.165) is 4.31 Å². The van der Waals surface area contributed by atoms with Crippen LogP contribution < -0.4 is 5.73 Å². The maximum absolute atomic E-state index is 12.9. The highest BCUT2D eigenvalue weighted by Crippen LogP contribution is 2.39. The molecule has 0 saturated carbocycles. The van der Waals surface area contributed by atoms with Gasteiger partial charge in [0.1, 0.15) is 0 Å². The largest absolute Gasteiger partial charge is 0.416 e. The number of hydrogen-bond acceptors (Lipinski definition) is 3. The summed E-state index contributed by atoms with van der Waals surface area (Å²) in [7, 11) is -4.51. The van der Waals surface area contributed by atoms with Gasteiger partial charge in [-0.25, -0.2) is 8.42 Å². The minimum absolute atomic E-state index is 0.0202. The summed E-state index contributed by atoms with van der Waals surface area (Å²) in [4.78, 5) is -1.03. The molecular formula is C14H16F6N2O2S. The number of alkyl halides is 6. The lowest BCUT2D eigenvalue weighted by atomic mass is 9.90. The average Bonchev–Trinajstić information content (AvgIpc) is 2.89. The highest BCUT2D eigenvalue weighted by Gasteiger charge is 2.42. The fourth-order valence-electron chi connectivity index (χ4n) is 2.57. The van der Waals surface area contributed by atoms with E-state index in [1.54, 1.807) is 6.92 Å². The molecule has 0 aromatic heterocycles. The Hall–Kier alpha value is -1.33. The molecule has 0 bridgehead atoms. The third-order valence-corrected chi connectivity index (χ3v) is 6.04. The molecule has 0 radical (unpaired) electrons. The van der Waals surface area contributed by atoms with Crippen molar-refractivity contribution in [2.24, 2.45) is 11.1 Å². The van der Waals surface area contributed by atoms with E-state index < -0.39 is 43.8 Å². The molecule has 1 saturated heterocycles. The second-order valence-corrected chi connectivity index (χ2v) is 8.28. The maximum Gasteiger partial charge on any atom is 0.416 e. The van der Waals surface area contributed by atoms with Crippen LogP contribution in [0.25, 0.3) is 0 Å². The summed E-state index contributed by atoms with van der Waals surface area (Å²) >= 11 is 0. The van der Waals surface area contributed by atoms with Crippen molar-refractivity contribution in [3.63, 3.8) is 0 Å². The topological polar surface area (TPSA) is 63.4 Å². The molecule has 1 aliphatic rings. The van der Waals surface area contributed by atoms with Crippen molar-refractivity contribution in [3.8, 4) is 0 Å². The average molecular weight is 390 g/mol. The minimum Gasteiger partial charge on any atom is -0.330 e. The van der Waals surface area contributed by atoms with Crippen LogP contribution in [0.4, 0.5) is 26.3 Å². The minimum atomic E-state index is -5.11. The Balaban J connectivity index is 2.54. The van der Waals surface area contributed by atoms with Crippen molar-refractivity contribution < 1.29 is 34.8 Å². The number of sulfonamides is 1. The number of benzene rings is 1. The van der Waals surface area contributed by atoms with Gasteiger partial charge in [-0.15, -0.1) is 0 Å². The predicted molar refractivity (Wildman–Crippen MR) is 77.0 cm³/mol. The zero-order chi connectivity index (χ0) is 19.3. The van der Waals surface area contributed by atoms with Crippen LogP contribution in [0.1, 0.15) is 24.5 Å². The Labute approximate surface area is 140 Å². The standard InChI is InChI=1S/C14H16F6N2O2S/c1-12(7-21)2-3-22(8-12)25(23,24)11-5-9(13(15,16)17)4-10(6-11)14(18,19)20/h4-6H,2-3,7-8,21H2,1H3. The van der Waals surface area contributed by atoms with Gasteiger partial charge in [-0.3, -0.25) is 0 Å². The van der Waals surface area contributed by atoms with Gasteiger partial charge in [0, 0.05) is 13.1 Å². The molecular weight excluding hydrogens is 374 g/mol. The molecule has 11 heteroatoms. The molecule has 0 aliphatic carbocycles. The maximum atomic E-state index is 12.9. The van der Waals surface area contributed by atoms with E-state index in [4.69, 9.17) is 5.73 Å². The molecule has 1 atom stereocenters. The van der Waals surface area contributed by atoms with Crippen molar-refractivity contribution >= 4 is 10.0 Å². The number of rotatable bonds is 3. The van der Waals surface area contributed by atoms with Crippen LogP contribution in [0, 0.1) is 5.41 Å². The van der Waals surface area contributed by atoms with Gasteiger partial charge in [-0.1, -0.05) is 6.92 Å².